The van der Waals surface area contributed by atoms with Crippen molar-refractivity contribution < 1.29 is 9.47 Å². The second-order valence-electron chi connectivity index (χ2n) is 4.85. The Labute approximate surface area is 110 Å². The molecule has 2 unspecified atom stereocenters. The third-order valence-corrected chi connectivity index (χ3v) is 2.92. The van der Waals surface area contributed by atoms with Crippen LogP contribution in [-0.4, -0.2) is 57.8 Å². The third-order valence-electron chi connectivity index (χ3n) is 2.92. The Balaban J connectivity index is 2.10. The molecule has 0 radical (unpaired) electrons. The van der Waals surface area contributed by atoms with Gasteiger partial charge in [-0.2, -0.15) is 0 Å². The molecule has 0 saturated carbocycles. The molecule has 108 valence electrons. The Morgan fingerprint density at radius 2 is 1.83 bits per heavy atom. The highest BCUT2D eigenvalue weighted by Crippen LogP contribution is 2.22. The Kier molecular flexibility index (Phi) is 7.73. The van der Waals surface area contributed by atoms with Crippen LogP contribution in [0.1, 0.15) is 19.8 Å². The Hall–Kier alpha value is -0.240. The number of rotatable bonds is 10. The highest BCUT2D eigenvalue weighted by molar-refractivity contribution is 4.78. The minimum absolute atomic E-state index is 0.129. The van der Waals surface area contributed by atoms with Gasteiger partial charge in [-0.15, -0.1) is 0 Å². The molecule has 6 N–H and O–H groups in total. The van der Waals surface area contributed by atoms with Gasteiger partial charge in [0.25, 0.3) is 0 Å². The average molecular weight is 260 g/mol. The topological polar surface area (TPSA) is 94.6 Å². The number of ether oxygens (including phenoxy) is 2. The predicted molar refractivity (Wildman–Crippen MR) is 72.3 cm³/mol. The maximum atomic E-state index is 5.90. The lowest BCUT2D eigenvalue weighted by atomic mass is 10.3. The van der Waals surface area contributed by atoms with Crippen LogP contribution in [-0.2, 0) is 9.47 Å². The molecule has 1 heterocycles. The molecule has 6 nitrogen and oxygen atoms in total. The van der Waals surface area contributed by atoms with Gasteiger partial charge in [0.15, 0.2) is 5.79 Å². The molecule has 1 fully saturated rings. The summed E-state index contributed by atoms with van der Waals surface area (Å²) in [6.07, 6.45) is 2.09. The molecule has 0 bridgehead atoms. The van der Waals surface area contributed by atoms with E-state index < -0.39 is 5.79 Å². The molecule has 0 aromatic rings. The Morgan fingerprint density at radius 3 is 2.50 bits per heavy atom. The van der Waals surface area contributed by atoms with Gasteiger partial charge < -0.3 is 31.6 Å². The van der Waals surface area contributed by atoms with Gasteiger partial charge in [-0.3, -0.25) is 0 Å². The lowest BCUT2D eigenvalue weighted by Gasteiger charge is -2.23. The van der Waals surface area contributed by atoms with Gasteiger partial charge in [0.1, 0.15) is 0 Å². The van der Waals surface area contributed by atoms with Gasteiger partial charge in [-0.05, 0) is 45.9 Å². The van der Waals surface area contributed by atoms with Crippen molar-refractivity contribution in [3.05, 3.63) is 0 Å². The first-order valence-electron chi connectivity index (χ1n) is 6.83. The van der Waals surface area contributed by atoms with E-state index in [2.05, 4.69) is 10.6 Å². The van der Waals surface area contributed by atoms with Crippen LogP contribution in [0.5, 0.6) is 0 Å². The second kappa shape index (κ2) is 8.79. The first-order valence-corrected chi connectivity index (χ1v) is 6.83. The SMILES string of the molecule is CC1(CNCCCN)OCC(CNCCCN)O1. The Bertz CT molecular complexity index is 218. The summed E-state index contributed by atoms with van der Waals surface area (Å²) in [6, 6.07) is 0. The first-order chi connectivity index (χ1) is 8.70. The fourth-order valence-corrected chi connectivity index (χ4v) is 1.92. The van der Waals surface area contributed by atoms with Crippen molar-refractivity contribution in [3.63, 3.8) is 0 Å². The predicted octanol–water partition coefficient (Wildman–Crippen LogP) is -1.01. The molecule has 0 aromatic heterocycles. The summed E-state index contributed by atoms with van der Waals surface area (Å²) in [4.78, 5) is 0. The summed E-state index contributed by atoms with van der Waals surface area (Å²) in [7, 11) is 0. The molecule has 18 heavy (non-hydrogen) atoms. The quantitative estimate of drug-likeness (QED) is 0.376. The number of nitrogens with two attached hydrogens (primary N) is 2. The molecule has 6 heteroatoms. The Morgan fingerprint density at radius 1 is 1.17 bits per heavy atom. The fraction of sp³-hybridized carbons (Fsp3) is 1.00. The van der Waals surface area contributed by atoms with E-state index >= 15 is 0 Å². The molecule has 0 aliphatic carbocycles. The van der Waals surface area contributed by atoms with Crippen LogP contribution in [0.3, 0.4) is 0 Å². The van der Waals surface area contributed by atoms with E-state index in [1.165, 1.54) is 0 Å². The highest BCUT2D eigenvalue weighted by Gasteiger charge is 2.36. The normalized spacial score (nSPS) is 27.8. The summed E-state index contributed by atoms with van der Waals surface area (Å²) in [5, 5.41) is 6.62. The molecule has 1 aliphatic heterocycles. The van der Waals surface area contributed by atoms with Gasteiger partial charge in [0.2, 0.25) is 0 Å². The van der Waals surface area contributed by atoms with Crippen molar-refractivity contribution in [2.75, 3.05) is 45.9 Å². The van der Waals surface area contributed by atoms with Gasteiger partial charge in [0.05, 0.1) is 12.7 Å². The van der Waals surface area contributed by atoms with Gasteiger partial charge in [-0.25, -0.2) is 0 Å². The standard InChI is InChI=1S/C12H28N4O2/c1-12(10-16-7-3-5-14)17-9-11(18-12)8-15-6-2-4-13/h11,15-16H,2-10,13-14H2,1H3. The van der Waals surface area contributed by atoms with Crippen LogP contribution in [0.25, 0.3) is 0 Å². The molecular weight excluding hydrogens is 232 g/mol. The lowest BCUT2D eigenvalue weighted by molar-refractivity contribution is -0.149. The van der Waals surface area contributed by atoms with Crippen molar-refractivity contribution >= 4 is 0 Å². The summed E-state index contributed by atoms with van der Waals surface area (Å²) in [5.41, 5.74) is 10.9. The lowest BCUT2D eigenvalue weighted by Crippen LogP contribution is -2.41. The van der Waals surface area contributed by atoms with E-state index in [4.69, 9.17) is 20.9 Å². The number of hydrogen-bond donors (Lipinski definition) is 4. The molecule has 1 saturated heterocycles. The summed E-state index contributed by atoms with van der Waals surface area (Å²) in [5.74, 6) is -0.505. The van der Waals surface area contributed by atoms with Crippen LogP contribution in [0.4, 0.5) is 0 Å². The molecule has 1 rings (SSSR count). The summed E-state index contributed by atoms with van der Waals surface area (Å²) < 4.78 is 11.6. The molecule has 2 atom stereocenters. The molecule has 0 amide bonds. The van der Waals surface area contributed by atoms with Crippen molar-refractivity contribution in [3.8, 4) is 0 Å². The molecular formula is C12H28N4O2. The van der Waals surface area contributed by atoms with Crippen LogP contribution in [0, 0.1) is 0 Å². The zero-order chi connectivity index (χ0) is 13.3. The van der Waals surface area contributed by atoms with E-state index in [0.29, 0.717) is 19.7 Å². The monoisotopic (exact) mass is 260 g/mol. The van der Waals surface area contributed by atoms with Gasteiger partial charge >= 0.3 is 0 Å². The largest absolute Gasteiger partial charge is 0.346 e. The molecule has 0 aromatic carbocycles. The highest BCUT2D eigenvalue weighted by atomic mass is 16.7. The van der Waals surface area contributed by atoms with Crippen LogP contribution in [0.2, 0.25) is 0 Å². The second-order valence-corrected chi connectivity index (χ2v) is 4.85. The summed E-state index contributed by atoms with van der Waals surface area (Å²) >= 11 is 0. The number of hydrogen-bond acceptors (Lipinski definition) is 6. The van der Waals surface area contributed by atoms with Gasteiger partial charge in [0, 0.05) is 13.1 Å². The van der Waals surface area contributed by atoms with Crippen LogP contribution in [0.15, 0.2) is 0 Å². The number of nitrogens with one attached hydrogen (secondary N) is 2. The third kappa shape index (κ3) is 6.08. The minimum atomic E-state index is -0.505. The van der Waals surface area contributed by atoms with Crippen LogP contribution < -0.4 is 22.1 Å². The van der Waals surface area contributed by atoms with Crippen molar-refractivity contribution in [1.29, 1.82) is 0 Å². The fourth-order valence-electron chi connectivity index (χ4n) is 1.92. The molecule has 1 aliphatic rings. The minimum Gasteiger partial charge on any atom is -0.346 e. The van der Waals surface area contributed by atoms with E-state index in [9.17, 15) is 0 Å². The van der Waals surface area contributed by atoms with Gasteiger partial charge in [-0.1, -0.05) is 0 Å². The zero-order valence-corrected chi connectivity index (χ0v) is 11.4. The van der Waals surface area contributed by atoms with Crippen LogP contribution >= 0.6 is 0 Å². The first kappa shape index (κ1) is 15.8. The van der Waals surface area contributed by atoms with E-state index in [1.807, 2.05) is 6.92 Å². The average Bonchev–Trinajstić information content (AvgIpc) is 2.73. The summed E-state index contributed by atoms with van der Waals surface area (Å²) in [6.45, 7) is 7.40. The molecule has 0 spiro atoms. The van der Waals surface area contributed by atoms with Crippen molar-refractivity contribution in [1.82, 2.24) is 10.6 Å². The smallest absolute Gasteiger partial charge is 0.178 e. The maximum Gasteiger partial charge on any atom is 0.178 e. The van der Waals surface area contributed by atoms with Crippen molar-refractivity contribution in [2.24, 2.45) is 11.5 Å². The van der Waals surface area contributed by atoms with E-state index in [-0.39, 0.29) is 6.10 Å². The zero-order valence-electron chi connectivity index (χ0n) is 11.4. The van der Waals surface area contributed by atoms with Crippen molar-refractivity contribution in [2.45, 2.75) is 31.7 Å². The maximum absolute atomic E-state index is 5.90. The van der Waals surface area contributed by atoms with E-state index in [1.54, 1.807) is 0 Å². The van der Waals surface area contributed by atoms with E-state index in [0.717, 1.165) is 39.0 Å².